The molecule has 0 aromatic carbocycles. The van der Waals surface area contributed by atoms with Crippen molar-refractivity contribution in [3.63, 3.8) is 0 Å². The Morgan fingerprint density at radius 2 is 2.16 bits per heavy atom. The van der Waals surface area contributed by atoms with E-state index in [0.29, 0.717) is 5.92 Å². The highest BCUT2D eigenvalue weighted by molar-refractivity contribution is 14.0. The highest BCUT2D eigenvalue weighted by Gasteiger charge is 2.25. The van der Waals surface area contributed by atoms with Crippen LogP contribution in [0.4, 0.5) is 5.82 Å². The predicted molar refractivity (Wildman–Crippen MR) is 134 cm³/mol. The fraction of sp³-hybridized carbons (Fsp3) is 0.591. The zero-order chi connectivity index (χ0) is 20.9. The van der Waals surface area contributed by atoms with E-state index in [-0.39, 0.29) is 30.1 Å². The maximum Gasteiger partial charge on any atom is 0.193 e. The van der Waals surface area contributed by atoms with Gasteiger partial charge in [-0.25, -0.2) is 4.98 Å². The van der Waals surface area contributed by atoms with Gasteiger partial charge >= 0.3 is 0 Å². The van der Waals surface area contributed by atoms with Gasteiger partial charge in [0, 0.05) is 59.2 Å². The molecule has 1 N–H and O–H groups in total. The molecule has 4 rings (SSSR count). The van der Waals surface area contributed by atoms with E-state index in [0.717, 1.165) is 57.5 Å². The first-order valence-electron chi connectivity index (χ1n) is 10.9. The van der Waals surface area contributed by atoms with Crippen LogP contribution in [0.5, 0.6) is 0 Å². The smallest absolute Gasteiger partial charge is 0.193 e. The van der Waals surface area contributed by atoms with Crippen molar-refractivity contribution in [2.45, 2.75) is 32.4 Å². The normalized spacial score (nSPS) is 21.8. The van der Waals surface area contributed by atoms with Crippen LogP contribution in [0.3, 0.4) is 0 Å². The van der Waals surface area contributed by atoms with Crippen molar-refractivity contribution in [2.75, 3.05) is 44.7 Å². The second kappa shape index (κ2) is 11.1. The highest BCUT2D eigenvalue weighted by atomic mass is 127. The van der Waals surface area contributed by atoms with Gasteiger partial charge in [0.1, 0.15) is 5.82 Å². The van der Waals surface area contributed by atoms with Crippen LogP contribution in [-0.2, 0) is 24.8 Å². The fourth-order valence-electron chi connectivity index (χ4n) is 4.39. The number of rotatable bonds is 5. The summed E-state index contributed by atoms with van der Waals surface area (Å²) in [6.45, 7) is 7.46. The molecule has 0 amide bonds. The number of anilines is 1. The molecular formula is C22H34IN7O. The molecule has 2 unspecified atom stereocenters. The monoisotopic (exact) mass is 539 g/mol. The van der Waals surface area contributed by atoms with Crippen molar-refractivity contribution < 1.29 is 4.74 Å². The van der Waals surface area contributed by atoms with Gasteiger partial charge < -0.3 is 19.9 Å². The Hall–Kier alpha value is -1.88. The van der Waals surface area contributed by atoms with Gasteiger partial charge in [-0.05, 0) is 48.9 Å². The molecule has 8 nitrogen and oxygen atoms in total. The number of halogens is 1. The Morgan fingerprint density at radius 3 is 2.90 bits per heavy atom. The lowest BCUT2D eigenvalue weighted by molar-refractivity contribution is 0.0529. The van der Waals surface area contributed by atoms with Gasteiger partial charge in [0.2, 0.25) is 0 Å². The number of nitrogens with one attached hydrogen (secondary N) is 1. The molecule has 0 bridgehead atoms. The Kier molecular flexibility index (Phi) is 8.53. The van der Waals surface area contributed by atoms with Crippen molar-refractivity contribution >= 4 is 35.8 Å². The number of likely N-dealkylation sites (tertiary alicyclic amines) is 1. The molecule has 0 radical (unpaired) electrons. The summed E-state index contributed by atoms with van der Waals surface area (Å²) in [7, 11) is 3.84. The summed E-state index contributed by atoms with van der Waals surface area (Å²) in [6, 6.07) is 4.25. The van der Waals surface area contributed by atoms with Crippen LogP contribution in [0.25, 0.3) is 0 Å². The Morgan fingerprint density at radius 1 is 1.29 bits per heavy atom. The largest absolute Gasteiger partial charge is 0.375 e. The molecule has 2 aromatic rings. The predicted octanol–water partition coefficient (Wildman–Crippen LogP) is 2.30. The molecule has 2 aliphatic heterocycles. The molecule has 9 heteroatoms. The first-order chi connectivity index (χ1) is 14.6. The molecule has 0 saturated carbocycles. The number of hydrogen-bond donors (Lipinski definition) is 1. The van der Waals surface area contributed by atoms with Crippen LogP contribution < -0.4 is 10.2 Å². The van der Waals surface area contributed by atoms with Gasteiger partial charge in [-0.15, -0.1) is 24.0 Å². The molecule has 170 valence electrons. The van der Waals surface area contributed by atoms with Gasteiger partial charge in [-0.3, -0.25) is 9.67 Å². The van der Waals surface area contributed by atoms with E-state index >= 15 is 0 Å². The molecule has 2 aliphatic rings. The zero-order valence-electron chi connectivity index (χ0n) is 18.7. The molecular weight excluding hydrogens is 505 g/mol. The van der Waals surface area contributed by atoms with Crippen molar-refractivity contribution in [1.29, 1.82) is 0 Å². The summed E-state index contributed by atoms with van der Waals surface area (Å²) in [6.07, 6.45) is 8.50. The molecule has 0 aliphatic carbocycles. The lowest BCUT2D eigenvalue weighted by Gasteiger charge is -2.32. The standard InChI is InChI=1S/C22H33N7O.HI/c1-17-14-28(8-9-30-17)21-11-18(4-6-24-21)12-25-22(23-2)29-7-5-19(16-29)10-20-13-26-27(3)15-20;/h4,6,11,13,15,17,19H,5,7-10,12,14,16H2,1-3H3,(H,23,25);1H. The molecule has 2 saturated heterocycles. The maximum atomic E-state index is 5.65. The number of morpholine rings is 1. The minimum absolute atomic E-state index is 0. The highest BCUT2D eigenvalue weighted by Crippen LogP contribution is 2.21. The maximum absolute atomic E-state index is 5.65. The van der Waals surface area contributed by atoms with Crippen LogP contribution in [0, 0.1) is 5.92 Å². The van der Waals surface area contributed by atoms with Crippen LogP contribution in [0.1, 0.15) is 24.5 Å². The van der Waals surface area contributed by atoms with Crippen molar-refractivity contribution in [2.24, 2.45) is 18.0 Å². The molecule has 2 atom stereocenters. The van der Waals surface area contributed by atoms with E-state index in [9.17, 15) is 0 Å². The van der Waals surface area contributed by atoms with Gasteiger partial charge in [-0.2, -0.15) is 5.10 Å². The van der Waals surface area contributed by atoms with Gasteiger partial charge in [0.05, 0.1) is 18.9 Å². The minimum Gasteiger partial charge on any atom is -0.375 e. The second-order valence-corrected chi connectivity index (χ2v) is 8.38. The summed E-state index contributed by atoms with van der Waals surface area (Å²) in [5.74, 6) is 2.64. The van der Waals surface area contributed by atoms with Gasteiger partial charge in [-0.1, -0.05) is 0 Å². The van der Waals surface area contributed by atoms with E-state index in [1.54, 1.807) is 0 Å². The number of ether oxygens (including phenoxy) is 1. The Labute approximate surface area is 202 Å². The molecule has 2 fully saturated rings. The minimum atomic E-state index is 0. The zero-order valence-corrected chi connectivity index (χ0v) is 21.0. The Bertz CT molecular complexity index is 871. The van der Waals surface area contributed by atoms with E-state index in [1.807, 2.05) is 31.2 Å². The first-order valence-corrected chi connectivity index (χ1v) is 10.9. The van der Waals surface area contributed by atoms with Gasteiger partial charge in [0.15, 0.2) is 5.96 Å². The summed E-state index contributed by atoms with van der Waals surface area (Å²) >= 11 is 0. The van der Waals surface area contributed by atoms with Crippen molar-refractivity contribution in [3.8, 4) is 0 Å². The lowest BCUT2D eigenvalue weighted by Crippen LogP contribution is -2.41. The average molecular weight is 539 g/mol. The van der Waals surface area contributed by atoms with E-state index < -0.39 is 0 Å². The van der Waals surface area contributed by atoms with E-state index in [2.05, 4.69) is 55.4 Å². The second-order valence-electron chi connectivity index (χ2n) is 8.38. The molecule has 2 aromatic heterocycles. The fourth-order valence-corrected chi connectivity index (χ4v) is 4.39. The number of nitrogens with zero attached hydrogens (tertiary/aromatic N) is 6. The van der Waals surface area contributed by atoms with Crippen LogP contribution in [0.15, 0.2) is 35.7 Å². The number of guanidine groups is 1. The van der Waals surface area contributed by atoms with Gasteiger partial charge in [0.25, 0.3) is 0 Å². The molecule has 4 heterocycles. The third kappa shape index (κ3) is 6.31. The topological polar surface area (TPSA) is 70.8 Å². The third-order valence-corrected chi connectivity index (χ3v) is 5.91. The number of aliphatic imine (C=N–C) groups is 1. The van der Waals surface area contributed by atoms with E-state index in [4.69, 9.17) is 4.74 Å². The SMILES string of the molecule is CN=C(NCc1ccnc(N2CCOC(C)C2)c1)N1CCC(Cc2cnn(C)c2)C1.I. The number of aromatic nitrogens is 3. The average Bonchev–Trinajstić information content (AvgIpc) is 3.38. The number of pyridine rings is 1. The van der Waals surface area contributed by atoms with E-state index in [1.165, 1.54) is 17.5 Å². The summed E-state index contributed by atoms with van der Waals surface area (Å²) in [5.41, 5.74) is 2.53. The van der Waals surface area contributed by atoms with Crippen LogP contribution in [0.2, 0.25) is 0 Å². The number of hydrogen-bond acceptors (Lipinski definition) is 5. The van der Waals surface area contributed by atoms with Crippen molar-refractivity contribution in [1.82, 2.24) is 25.0 Å². The molecule has 0 spiro atoms. The molecule has 31 heavy (non-hydrogen) atoms. The third-order valence-electron chi connectivity index (χ3n) is 5.91. The summed E-state index contributed by atoms with van der Waals surface area (Å²) in [5, 5.41) is 7.83. The first kappa shape index (κ1) is 23.8. The Balaban J connectivity index is 0.00000272. The summed E-state index contributed by atoms with van der Waals surface area (Å²) in [4.78, 5) is 13.8. The quantitative estimate of drug-likeness (QED) is 0.358. The number of aryl methyl sites for hydroxylation is 1. The van der Waals surface area contributed by atoms with Crippen LogP contribution >= 0.6 is 24.0 Å². The van der Waals surface area contributed by atoms with Crippen LogP contribution in [-0.4, -0.2) is 71.6 Å². The summed E-state index contributed by atoms with van der Waals surface area (Å²) < 4.78 is 7.53. The lowest BCUT2D eigenvalue weighted by atomic mass is 10.0. The van der Waals surface area contributed by atoms with Crippen molar-refractivity contribution in [3.05, 3.63) is 41.9 Å².